The molecule has 1 rings (SSSR count). The second kappa shape index (κ2) is 4.52. The highest BCUT2D eigenvalue weighted by Gasteiger charge is 2.27. The standard InChI is InChI=1S/C6H13OPS3/c7-8(9,11-10)6-4-2-1-3-5-6/h6,10H,1-5H2,(H,7,9). The fourth-order valence-corrected chi connectivity index (χ4v) is 5.49. The third-order valence-corrected chi connectivity index (χ3v) is 10.2. The minimum Gasteiger partial charge on any atom is -0.356 e. The molecule has 1 unspecified atom stereocenters. The summed E-state index contributed by atoms with van der Waals surface area (Å²) >= 11 is 9.14. The zero-order valence-corrected chi connectivity index (χ0v) is 9.69. The fourth-order valence-electron chi connectivity index (χ4n) is 1.47. The van der Waals surface area contributed by atoms with Crippen LogP contribution in [0.3, 0.4) is 0 Å². The summed E-state index contributed by atoms with van der Waals surface area (Å²) in [6, 6.07) is 0. The van der Waals surface area contributed by atoms with Gasteiger partial charge >= 0.3 is 0 Å². The lowest BCUT2D eigenvalue weighted by Crippen LogP contribution is -2.10. The zero-order valence-electron chi connectivity index (χ0n) is 6.27. The van der Waals surface area contributed by atoms with Crippen molar-refractivity contribution in [3.8, 4) is 0 Å². The predicted molar refractivity (Wildman–Crippen MR) is 60.0 cm³/mol. The lowest BCUT2D eigenvalue weighted by atomic mass is 10.0. The van der Waals surface area contributed by atoms with Crippen molar-refractivity contribution in [2.45, 2.75) is 37.8 Å². The quantitative estimate of drug-likeness (QED) is 0.430. The van der Waals surface area contributed by atoms with Gasteiger partial charge in [0.05, 0.1) is 0 Å². The van der Waals surface area contributed by atoms with Crippen molar-refractivity contribution in [3.05, 3.63) is 0 Å². The van der Waals surface area contributed by atoms with Gasteiger partial charge in [0.1, 0.15) is 5.47 Å². The van der Waals surface area contributed by atoms with E-state index in [-0.39, 0.29) is 0 Å². The third kappa shape index (κ3) is 2.92. The maximum atomic E-state index is 9.76. The van der Waals surface area contributed by atoms with Crippen molar-refractivity contribution < 1.29 is 4.89 Å². The van der Waals surface area contributed by atoms with E-state index in [2.05, 4.69) is 11.7 Å². The summed E-state index contributed by atoms with van der Waals surface area (Å²) in [5.41, 5.74) is -1.75. The lowest BCUT2D eigenvalue weighted by Gasteiger charge is -2.27. The van der Waals surface area contributed by atoms with Crippen LogP contribution in [0.15, 0.2) is 0 Å². The van der Waals surface area contributed by atoms with Crippen molar-refractivity contribution in [2.75, 3.05) is 0 Å². The third-order valence-electron chi connectivity index (χ3n) is 2.15. The summed E-state index contributed by atoms with van der Waals surface area (Å²) in [7, 11) is 1.21. The van der Waals surface area contributed by atoms with Crippen LogP contribution in [0.4, 0.5) is 0 Å². The van der Waals surface area contributed by atoms with Crippen LogP contribution in [0.1, 0.15) is 32.1 Å². The Bertz CT molecular complexity index is 167. The molecular formula is C6H13OPS3. The Morgan fingerprint density at radius 2 is 1.91 bits per heavy atom. The summed E-state index contributed by atoms with van der Waals surface area (Å²) in [6.45, 7) is 0. The van der Waals surface area contributed by atoms with Gasteiger partial charge in [-0.15, -0.1) is 11.7 Å². The molecule has 11 heavy (non-hydrogen) atoms. The number of hydrogen-bond acceptors (Lipinski definition) is 3. The minimum atomic E-state index is -2.13. The Labute approximate surface area is 82.0 Å². The van der Waals surface area contributed by atoms with Crippen molar-refractivity contribution in [1.82, 2.24) is 0 Å². The number of rotatable bonds is 2. The molecule has 0 aliphatic heterocycles. The predicted octanol–water partition coefficient (Wildman–Crippen LogP) is 3.20. The molecule has 5 heteroatoms. The maximum Gasteiger partial charge on any atom is 0.130 e. The van der Waals surface area contributed by atoms with Gasteiger partial charge < -0.3 is 4.89 Å². The summed E-state index contributed by atoms with van der Waals surface area (Å²) in [5, 5.41) is 0. The molecule has 0 heterocycles. The van der Waals surface area contributed by atoms with Crippen LogP contribution in [-0.4, -0.2) is 10.6 Å². The van der Waals surface area contributed by atoms with Gasteiger partial charge in [-0.05, 0) is 23.3 Å². The Balaban J connectivity index is 2.51. The van der Waals surface area contributed by atoms with E-state index < -0.39 is 5.47 Å². The molecule has 1 aliphatic rings. The van der Waals surface area contributed by atoms with Gasteiger partial charge in [0.2, 0.25) is 0 Å². The van der Waals surface area contributed by atoms with Gasteiger partial charge in [0.15, 0.2) is 0 Å². The molecule has 66 valence electrons. The summed E-state index contributed by atoms with van der Waals surface area (Å²) in [6.07, 6.45) is 6.00. The normalized spacial score (nSPS) is 26.4. The van der Waals surface area contributed by atoms with Gasteiger partial charge in [-0.1, -0.05) is 31.1 Å². The van der Waals surface area contributed by atoms with E-state index in [1.165, 1.54) is 29.7 Å². The van der Waals surface area contributed by atoms with Crippen LogP contribution >= 0.6 is 27.5 Å². The summed E-state index contributed by atoms with van der Waals surface area (Å²) in [5.74, 6) is 0. The number of hydrogen-bond donors (Lipinski definition) is 2. The molecule has 1 aliphatic carbocycles. The Kier molecular flexibility index (Phi) is 4.27. The van der Waals surface area contributed by atoms with E-state index in [9.17, 15) is 4.89 Å². The SMILES string of the molecule is OP(=S)(SS)C1CCCCC1. The van der Waals surface area contributed by atoms with E-state index in [1.54, 1.807) is 0 Å². The highest BCUT2D eigenvalue weighted by Crippen LogP contribution is 2.64. The highest BCUT2D eigenvalue weighted by molar-refractivity contribution is 8.99. The van der Waals surface area contributed by atoms with E-state index in [4.69, 9.17) is 11.8 Å². The number of thiol groups is 1. The molecule has 0 bridgehead atoms. The summed E-state index contributed by atoms with van der Waals surface area (Å²) < 4.78 is 0. The van der Waals surface area contributed by atoms with Gasteiger partial charge in [0, 0.05) is 5.66 Å². The lowest BCUT2D eigenvalue weighted by molar-refractivity contribution is 0.490. The first kappa shape index (κ1) is 10.4. The first-order valence-electron chi connectivity index (χ1n) is 3.82. The first-order chi connectivity index (χ1) is 5.17. The van der Waals surface area contributed by atoms with E-state index in [0.29, 0.717) is 5.66 Å². The van der Waals surface area contributed by atoms with Crippen molar-refractivity contribution in [2.24, 2.45) is 0 Å². The van der Waals surface area contributed by atoms with Crippen LogP contribution in [0.2, 0.25) is 0 Å². The van der Waals surface area contributed by atoms with Gasteiger partial charge in [0.25, 0.3) is 0 Å². The Morgan fingerprint density at radius 3 is 2.36 bits per heavy atom. The zero-order chi connectivity index (χ0) is 8.32. The van der Waals surface area contributed by atoms with Crippen LogP contribution in [0.5, 0.6) is 0 Å². The van der Waals surface area contributed by atoms with E-state index in [1.807, 2.05) is 0 Å². The highest BCUT2D eigenvalue weighted by atomic mass is 33.4. The van der Waals surface area contributed by atoms with Crippen LogP contribution in [0.25, 0.3) is 0 Å². The molecule has 1 nitrogen and oxygen atoms in total. The van der Waals surface area contributed by atoms with Crippen molar-refractivity contribution >= 4 is 39.3 Å². The summed E-state index contributed by atoms with van der Waals surface area (Å²) in [4.78, 5) is 9.76. The molecular weight excluding hydrogens is 215 g/mol. The van der Waals surface area contributed by atoms with Gasteiger partial charge in [-0.2, -0.15) is 0 Å². The minimum absolute atomic E-state index is 0.383. The maximum absolute atomic E-state index is 9.76. The molecule has 0 saturated heterocycles. The van der Waals surface area contributed by atoms with Crippen LogP contribution in [-0.2, 0) is 11.8 Å². The Hall–Kier alpha value is 1.31. The van der Waals surface area contributed by atoms with E-state index >= 15 is 0 Å². The first-order valence-corrected chi connectivity index (χ1v) is 9.12. The largest absolute Gasteiger partial charge is 0.356 e. The molecule has 1 atom stereocenters. The second-order valence-electron chi connectivity index (χ2n) is 2.94. The molecule has 0 spiro atoms. The van der Waals surface area contributed by atoms with Crippen LogP contribution in [0, 0.1) is 0 Å². The molecule has 0 radical (unpaired) electrons. The van der Waals surface area contributed by atoms with Gasteiger partial charge in [-0.25, -0.2) is 0 Å². The smallest absolute Gasteiger partial charge is 0.130 e. The fraction of sp³-hybridized carbons (Fsp3) is 1.00. The average molecular weight is 228 g/mol. The second-order valence-corrected chi connectivity index (χ2v) is 11.0. The Morgan fingerprint density at radius 1 is 1.36 bits per heavy atom. The topological polar surface area (TPSA) is 20.2 Å². The van der Waals surface area contributed by atoms with Crippen molar-refractivity contribution in [3.63, 3.8) is 0 Å². The molecule has 1 fully saturated rings. The molecule has 0 aromatic rings. The van der Waals surface area contributed by atoms with Crippen LogP contribution < -0.4 is 0 Å². The molecule has 1 N–H and O–H groups in total. The van der Waals surface area contributed by atoms with Gasteiger partial charge in [-0.3, -0.25) is 0 Å². The average Bonchev–Trinajstić information content (AvgIpc) is 2.06. The monoisotopic (exact) mass is 228 g/mol. The molecule has 0 amide bonds. The molecule has 0 aromatic heterocycles. The van der Waals surface area contributed by atoms with Crippen molar-refractivity contribution in [1.29, 1.82) is 0 Å². The van der Waals surface area contributed by atoms with E-state index in [0.717, 1.165) is 12.8 Å². The molecule has 0 aromatic carbocycles. The molecule has 1 saturated carbocycles.